The molecule has 182 valence electrons. The summed E-state index contributed by atoms with van der Waals surface area (Å²) in [6.07, 6.45) is -1.60. The predicted octanol–water partition coefficient (Wildman–Crippen LogP) is 4.95. The third-order valence-electron chi connectivity index (χ3n) is 5.65. The van der Waals surface area contributed by atoms with Gasteiger partial charge in [0.05, 0.1) is 0 Å². The molecule has 1 atom stereocenters. The number of carboxylic acids is 1. The molecule has 0 saturated carbocycles. The van der Waals surface area contributed by atoms with Crippen molar-refractivity contribution in [2.24, 2.45) is 0 Å². The van der Waals surface area contributed by atoms with Crippen molar-refractivity contribution in [1.82, 2.24) is 15.3 Å². The average molecular weight is 502 g/mol. The van der Waals surface area contributed by atoms with E-state index in [2.05, 4.69) is 15.3 Å². The van der Waals surface area contributed by atoms with E-state index in [1.807, 2.05) is 12.1 Å². The Balaban J connectivity index is 1.95. The van der Waals surface area contributed by atoms with Crippen LogP contribution in [0.2, 0.25) is 5.02 Å². The van der Waals surface area contributed by atoms with Gasteiger partial charge in [-0.05, 0) is 43.2 Å². The molecule has 0 radical (unpaired) electrons. The van der Waals surface area contributed by atoms with Crippen molar-refractivity contribution in [3.63, 3.8) is 0 Å². The van der Waals surface area contributed by atoms with E-state index in [4.69, 9.17) is 16.3 Å². The van der Waals surface area contributed by atoms with Gasteiger partial charge in [-0.2, -0.15) is 4.98 Å². The van der Waals surface area contributed by atoms with Crippen molar-refractivity contribution in [3.05, 3.63) is 124 Å². The van der Waals surface area contributed by atoms with Gasteiger partial charge in [0.15, 0.2) is 0 Å². The molecule has 36 heavy (non-hydrogen) atoms. The summed E-state index contributed by atoms with van der Waals surface area (Å²) >= 11 is 6.13. The Morgan fingerprint density at radius 2 is 1.50 bits per heavy atom. The zero-order valence-electron chi connectivity index (χ0n) is 19.7. The van der Waals surface area contributed by atoms with E-state index < -0.39 is 23.5 Å². The molecule has 0 aliphatic heterocycles. The summed E-state index contributed by atoms with van der Waals surface area (Å²) in [7, 11) is 0. The molecular weight excluding hydrogens is 478 g/mol. The minimum Gasteiger partial charge on any atom is -0.478 e. The first-order valence-corrected chi connectivity index (χ1v) is 11.6. The van der Waals surface area contributed by atoms with Crippen LogP contribution in [0.15, 0.2) is 91.0 Å². The number of amides is 1. The maximum absolute atomic E-state index is 13.6. The number of ether oxygens (including phenoxy) is 1. The Labute approximate surface area is 213 Å². The van der Waals surface area contributed by atoms with Crippen molar-refractivity contribution in [3.8, 4) is 5.88 Å². The highest BCUT2D eigenvalue weighted by Crippen LogP contribution is 2.36. The monoisotopic (exact) mass is 501 g/mol. The van der Waals surface area contributed by atoms with E-state index in [-0.39, 0.29) is 11.4 Å². The van der Waals surface area contributed by atoms with Gasteiger partial charge in [-0.25, -0.2) is 9.78 Å². The van der Waals surface area contributed by atoms with Crippen molar-refractivity contribution in [1.29, 1.82) is 0 Å². The molecule has 0 saturated heterocycles. The maximum Gasteiger partial charge on any atom is 0.348 e. The molecule has 0 bridgehead atoms. The second kappa shape index (κ2) is 10.6. The molecule has 0 aliphatic carbocycles. The number of carbonyl (C=O) groups is 2. The molecule has 1 unspecified atom stereocenters. The largest absolute Gasteiger partial charge is 0.478 e. The summed E-state index contributed by atoms with van der Waals surface area (Å²) in [5.74, 6) is -1.29. The minimum atomic E-state index is -1.64. The molecule has 4 aromatic rings. The van der Waals surface area contributed by atoms with Crippen LogP contribution >= 0.6 is 11.6 Å². The fourth-order valence-electron chi connectivity index (χ4n) is 4.15. The quantitative estimate of drug-likeness (QED) is 0.354. The fourth-order valence-corrected chi connectivity index (χ4v) is 4.34. The highest BCUT2D eigenvalue weighted by Gasteiger charge is 2.50. The van der Waals surface area contributed by atoms with Crippen LogP contribution in [0.5, 0.6) is 5.88 Å². The Morgan fingerprint density at radius 1 is 0.889 bits per heavy atom. The number of aliphatic carboxylic acids is 1. The molecule has 3 aromatic carbocycles. The van der Waals surface area contributed by atoms with E-state index in [0.717, 1.165) is 0 Å². The lowest BCUT2D eigenvalue weighted by molar-refractivity contribution is -0.148. The summed E-state index contributed by atoms with van der Waals surface area (Å²) in [4.78, 5) is 35.0. The van der Waals surface area contributed by atoms with Crippen LogP contribution < -0.4 is 10.1 Å². The van der Waals surface area contributed by atoms with Crippen molar-refractivity contribution in [2.45, 2.75) is 25.5 Å². The van der Waals surface area contributed by atoms with E-state index in [1.165, 1.54) is 6.07 Å². The van der Waals surface area contributed by atoms with Gasteiger partial charge in [0.1, 0.15) is 11.4 Å². The van der Waals surface area contributed by atoms with Crippen LogP contribution in [0, 0.1) is 13.8 Å². The molecule has 0 fully saturated rings. The van der Waals surface area contributed by atoms with Crippen LogP contribution in [-0.2, 0) is 10.3 Å². The molecule has 1 aromatic heterocycles. The Kier molecular flexibility index (Phi) is 7.31. The second-order valence-electron chi connectivity index (χ2n) is 8.24. The first-order valence-electron chi connectivity index (χ1n) is 11.2. The number of aryl methyl sites for hydroxylation is 2. The number of nitrogens with zero attached hydrogens (tertiary/aromatic N) is 2. The lowest BCUT2D eigenvalue weighted by Crippen LogP contribution is -2.59. The molecule has 4 rings (SSSR count). The van der Waals surface area contributed by atoms with Gasteiger partial charge < -0.3 is 15.2 Å². The normalized spacial score (nSPS) is 12.0. The Hall–Kier alpha value is -4.23. The number of aromatic nitrogens is 2. The standard InChI is InChI=1S/C28H24ClN3O4/c1-18-16-24(31-19(2)30-18)36-25(27(34)35)28(21-11-5-3-6-12-21,22-13-7-4-8-14-22)32-26(33)20-10-9-15-23(29)17-20/h3-17,25H,1-2H3,(H,32,33)(H,34,35). The summed E-state index contributed by atoms with van der Waals surface area (Å²) < 4.78 is 6.08. The van der Waals surface area contributed by atoms with E-state index in [0.29, 0.717) is 27.7 Å². The van der Waals surface area contributed by atoms with E-state index in [1.54, 1.807) is 86.6 Å². The molecule has 0 spiro atoms. The second-order valence-corrected chi connectivity index (χ2v) is 8.67. The van der Waals surface area contributed by atoms with Crippen LogP contribution in [0.4, 0.5) is 0 Å². The SMILES string of the molecule is Cc1cc(OC(C(=O)O)C(NC(=O)c2cccc(Cl)c2)(c2ccccc2)c2ccccc2)nc(C)n1. The zero-order valence-corrected chi connectivity index (χ0v) is 20.4. The third-order valence-corrected chi connectivity index (χ3v) is 5.89. The van der Waals surface area contributed by atoms with Crippen LogP contribution in [0.3, 0.4) is 0 Å². The van der Waals surface area contributed by atoms with E-state index in [9.17, 15) is 14.7 Å². The average Bonchev–Trinajstić information content (AvgIpc) is 2.86. The van der Waals surface area contributed by atoms with Gasteiger partial charge in [0.25, 0.3) is 5.91 Å². The summed E-state index contributed by atoms with van der Waals surface area (Å²) in [6, 6.07) is 25.7. The zero-order chi connectivity index (χ0) is 25.7. The number of halogens is 1. The molecule has 8 heteroatoms. The smallest absolute Gasteiger partial charge is 0.348 e. The minimum absolute atomic E-state index is 0.0839. The Bertz CT molecular complexity index is 1320. The Morgan fingerprint density at radius 3 is 2.03 bits per heavy atom. The van der Waals surface area contributed by atoms with Crippen molar-refractivity contribution < 1.29 is 19.4 Å². The van der Waals surface area contributed by atoms with Gasteiger partial charge >= 0.3 is 5.97 Å². The van der Waals surface area contributed by atoms with Gasteiger partial charge in [0.2, 0.25) is 12.0 Å². The number of benzene rings is 3. The van der Waals surface area contributed by atoms with Gasteiger partial charge in [-0.1, -0.05) is 78.3 Å². The summed E-state index contributed by atoms with van der Waals surface area (Å²) in [5, 5.41) is 13.9. The number of rotatable bonds is 8. The van der Waals surface area contributed by atoms with Crippen molar-refractivity contribution in [2.75, 3.05) is 0 Å². The van der Waals surface area contributed by atoms with Gasteiger partial charge in [-0.3, -0.25) is 4.79 Å². The highest BCUT2D eigenvalue weighted by molar-refractivity contribution is 6.31. The number of carboxylic acid groups (broad SMARTS) is 1. The van der Waals surface area contributed by atoms with Crippen LogP contribution in [0.1, 0.15) is 33.0 Å². The molecule has 1 amide bonds. The fraction of sp³-hybridized carbons (Fsp3) is 0.143. The lowest BCUT2D eigenvalue weighted by atomic mass is 9.77. The highest BCUT2D eigenvalue weighted by atomic mass is 35.5. The molecular formula is C28H24ClN3O4. The predicted molar refractivity (Wildman–Crippen MR) is 136 cm³/mol. The van der Waals surface area contributed by atoms with E-state index >= 15 is 0 Å². The maximum atomic E-state index is 13.6. The molecule has 0 aliphatic rings. The summed E-state index contributed by atoms with van der Waals surface area (Å²) in [6.45, 7) is 3.46. The topological polar surface area (TPSA) is 101 Å². The summed E-state index contributed by atoms with van der Waals surface area (Å²) in [5.41, 5.74) is 0.287. The van der Waals surface area contributed by atoms with Crippen LogP contribution in [0.25, 0.3) is 0 Å². The lowest BCUT2D eigenvalue weighted by Gasteiger charge is -2.40. The van der Waals surface area contributed by atoms with Crippen LogP contribution in [-0.4, -0.2) is 33.1 Å². The first-order chi connectivity index (χ1) is 17.3. The van der Waals surface area contributed by atoms with Crippen molar-refractivity contribution >= 4 is 23.5 Å². The number of carbonyl (C=O) groups excluding carboxylic acids is 1. The number of nitrogens with one attached hydrogen (secondary N) is 1. The molecule has 7 nitrogen and oxygen atoms in total. The third kappa shape index (κ3) is 5.21. The van der Waals surface area contributed by atoms with Gasteiger partial charge in [0, 0.05) is 22.3 Å². The van der Waals surface area contributed by atoms with Gasteiger partial charge in [-0.15, -0.1) is 0 Å². The number of hydrogen-bond donors (Lipinski definition) is 2. The number of hydrogen-bond acceptors (Lipinski definition) is 5. The molecule has 1 heterocycles. The molecule has 2 N–H and O–H groups in total. The first kappa shape index (κ1) is 24.9.